The van der Waals surface area contributed by atoms with Gasteiger partial charge in [-0.05, 0) is 6.92 Å². The van der Waals surface area contributed by atoms with Gasteiger partial charge < -0.3 is 19.9 Å². The summed E-state index contributed by atoms with van der Waals surface area (Å²) in [6.07, 6.45) is 3.12. The van der Waals surface area contributed by atoms with Crippen LogP contribution in [0.1, 0.15) is 17.4 Å². The largest absolute Gasteiger partial charge is 0.373 e. The van der Waals surface area contributed by atoms with Gasteiger partial charge in [0.05, 0.1) is 25.2 Å². The van der Waals surface area contributed by atoms with Crippen molar-refractivity contribution in [3.8, 4) is 0 Å². The van der Waals surface area contributed by atoms with Gasteiger partial charge in [-0.15, -0.1) is 0 Å². The number of carbonyl (C=O) groups excluding carboxylic acids is 1. The van der Waals surface area contributed by atoms with E-state index in [1.54, 1.807) is 22.0 Å². The predicted molar refractivity (Wildman–Crippen MR) is 62.5 cm³/mol. The number of hydrogen-bond acceptors (Lipinski definition) is 4. The molecule has 2 rings (SSSR count). The Bertz CT molecular complexity index is 402. The molecule has 6 heteroatoms. The SMILES string of the molecule is CC(N)C1CN(C(=O)c2cncn2C)CCO1. The van der Waals surface area contributed by atoms with Gasteiger partial charge in [-0.2, -0.15) is 0 Å². The summed E-state index contributed by atoms with van der Waals surface area (Å²) < 4.78 is 7.25. The third kappa shape index (κ3) is 2.48. The van der Waals surface area contributed by atoms with Gasteiger partial charge in [-0.25, -0.2) is 4.98 Å². The van der Waals surface area contributed by atoms with Crippen molar-refractivity contribution in [2.45, 2.75) is 19.1 Å². The van der Waals surface area contributed by atoms with Crippen LogP contribution in [0.3, 0.4) is 0 Å². The Hall–Kier alpha value is -1.40. The van der Waals surface area contributed by atoms with Crippen LogP contribution in [-0.2, 0) is 11.8 Å². The van der Waals surface area contributed by atoms with Crippen molar-refractivity contribution in [1.82, 2.24) is 14.5 Å². The highest BCUT2D eigenvalue weighted by Crippen LogP contribution is 2.11. The van der Waals surface area contributed by atoms with Crippen LogP contribution >= 0.6 is 0 Å². The Kier molecular flexibility index (Phi) is 3.44. The number of imidazole rings is 1. The number of rotatable bonds is 2. The molecular formula is C11H18N4O2. The van der Waals surface area contributed by atoms with E-state index in [1.807, 2.05) is 14.0 Å². The second-order valence-corrected chi connectivity index (χ2v) is 4.41. The van der Waals surface area contributed by atoms with Gasteiger partial charge in [0.1, 0.15) is 5.69 Å². The summed E-state index contributed by atoms with van der Waals surface area (Å²) in [4.78, 5) is 17.9. The summed E-state index contributed by atoms with van der Waals surface area (Å²) in [5, 5.41) is 0. The van der Waals surface area contributed by atoms with E-state index in [1.165, 1.54) is 0 Å². The molecule has 2 atom stereocenters. The van der Waals surface area contributed by atoms with E-state index in [2.05, 4.69) is 4.98 Å². The number of nitrogens with two attached hydrogens (primary N) is 1. The first-order valence-electron chi connectivity index (χ1n) is 5.72. The zero-order valence-corrected chi connectivity index (χ0v) is 10.2. The fourth-order valence-electron chi connectivity index (χ4n) is 1.90. The molecule has 6 nitrogen and oxygen atoms in total. The van der Waals surface area contributed by atoms with Crippen LogP contribution in [0.2, 0.25) is 0 Å². The lowest BCUT2D eigenvalue weighted by molar-refractivity contribution is -0.0302. The van der Waals surface area contributed by atoms with Crippen molar-refractivity contribution in [2.75, 3.05) is 19.7 Å². The summed E-state index contributed by atoms with van der Waals surface area (Å²) >= 11 is 0. The summed E-state index contributed by atoms with van der Waals surface area (Å²) in [5.74, 6) is -0.0149. The van der Waals surface area contributed by atoms with Crippen molar-refractivity contribution in [3.63, 3.8) is 0 Å². The van der Waals surface area contributed by atoms with Crippen molar-refractivity contribution in [3.05, 3.63) is 18.2 Å². The van der Waals surface area contributed by atoms with Gasteiger partial charge in [0.2, 0.25) is 0 Å². The Labute approximate surface area is 100 Å². The van der Waals surface area contributed by atoms with E-state index in [-0.39, 0.29) is 18.1 Å². The van der Waals surface area contributed by atoms with Crippen LogP contribution in [0.25, 0.3) is 0 Å². The van der Waals surface area contributed by atoms with Crippen molar-refractivity contribution in [1.29, 1.82) is 0 Å². The monoisotopic (exact) mass is 238 g/mol. The van der Waals surface area contributed by atoms with Gasteiger partial charge in [0.15, 0.2) is 0 Å². The van der Waals surface area contributed by atoms with E-state index < -0.39 is 0 Å². The molecule has 2 heterocycles. The van der Waals surface area contributed by atoms with Crippen LogP contribution in [0.15, 0.2) is 12.5 Å². The fraction of sp³-hybridized carbons (Fsp3) is 0.636. The second kappa shape index (κ2) is 4.85. The molecular weight excluding hydrogens is 220 g/mol. The normalized spacial score (nSPS) is 22.5. The van der Waals surface area contributed by atoms with Crippen molar-refractivity contribution < 1.29 is 9.53 Å². The van der Waals surface area contributed by atoms with Crippen LogP contribution in [0.5, 0.6) is 0 Å². The zero-order chi connectivity index (χ0) is 12.4. The maximum atomic E-state index is 12.2. The van der Waals surface area contributed by atoms with Gasteiger partial charge in [0.25, 0.3) is 5.91 Å². The lowest BCUT2D eigenvalue weighted by Gasteiger charge is -2.34. The molecule has 0 bridgehead atoms. The highest BCUT2D eigenvalue weighted by atomic mass is 16.5. The lowest BCUT2D eigenvalue weighted by Crippen LogP contribution is -2.51. The average Bonchev–Trinajstić information content (AvgIpc) is 2.74. The summed E-state index contributed by atoms with van der Waals surface area (Å²) in [5.41, 5.74) is 6.39. The van der Waals surface area contributed by atoms with E-state index in [4.69, 9.17) is 10.5 Å². The maximum absolute atomic E-state index is 12.2. The smallest absolute Gasteiger partial charge is 0.272 e. The fourth-order valence-corrected chi connectivity index (χ4v) is 1.90. The van der Waals surface area contributed by atoms with Crippen LogP contribution in [0, 0.1) is 0 Å². The lowest BCUT2D eigenvalue weighted by atomic mass is 10.1. The number of carbonyl (C=O) groups is 1. The molecule has 17 heavy (non-hydrogen) atoms. The molecule has 0 aliphatic carbocycles. The number of aryl methyl sites for hydroxylation is 1. The van der Waals surface area contributed by atoms with E-state index in [9.17, 15) is 4.79 Å². The summed E-state index contributed by atoms with van der Waals surface area (Å²) in [7, 11) is 1.81. The Morgan fingerprint density at radius 1 is 1.71 bits per heavy atom. The Balaban J connectivity index is 2.07. The molecule has 1 aliphatic rings. The predicted octanol–water partition coefficient (Wildman–Crippen LogP) is -0.392. The molecule has 0 spiro atoms. The molecule has 1 saturated heterocycles. The first-order valence-corrected chi connectivity index (χ1v) is 5.72. The standard InChI is InChI=1S/C11H18N4O2/c1-8(12)10-6-15(3-4-17-10)11(16)9-5-13-7-14(9)2/h5,7-8,10H,3-4,6,12H2,1-2H3. The van der Waals surface area contributed by atoms with Crippen LogP contribution in [-0.4, -0.2) is 52.2 Å². The Morgan fingerprint density at radius 3 is 3.06 bits per heavy atom. The van der Waals surface area contributed by atoms with Crippen molar-refractivity contribution in [2.24, 2.45) is 12.8 Å². The zero-order valence-electron chi connectivity index (χ0n) is 10.2. The summed E-state index contributed by atoms with van der Waals surface area (Å²) in [6.45, 7) is 3.58. The first kappa shape index (κ1) is 12.1. The van der Waals surface area contributed by atoms with Crippen LogP contribution in [0.4, 0.5) is 0 Å². The molecule has 94 valence electrons. The van der Waals surface area contributed by atoms with Gasteiger partial charge >= 0.3 is 0 Å². The Morgan fingerprint density at radius 2 is 2.47 bits per heavy atom. The van der Waals surface area contributed by atoms with E-state index in [0.717, 1.165) is 0 Å². The minimum Gasteiger partial charge on any atom is -0.373 e. The number of hydrogen-bond donors (Lipinski definition) is 1. The van der Waals surface area contributed by atoms with E-state index >= 15 is 0 Å². The molecule has 1 amide bonds. The topological polar surface area (TPSA) is 73.4 Å². The number of nitrogens with zero attached hydrogens (tertiary/aromatic N) is 3. The quantitative estimate of drug-likeness (QED) is 0.761. The molecule has 2 unspecified atom stereocenters. The minimum absolute atomic E-state index is 0.0149. The van der Waals surface area contributed by atoms with Crippen molar-refractivity contribution >= 4 is 5.91 Å². The molecule has 0 radical (unpaired) electrons. The van der Waals surface area contributed by atoms with Gasteiger partial charge in [-0.1, -0.05) is 0 Å². The number of morpholine rings is 1. The third-order valence-electron chi connectivity index (χ3n) is 3.00. The first-order chi connectivity index (χ1) is 8.09. The molecule has 2 N–H and O–H groups in total. The van der Waals surface area contributed by atoms with Gasteiger partial charge in [-0.3, -0.25) is 4.79 Å². The molecule has 1 aliphatic heterocycles. The number of aromatic nitrogens is 2. The molecule has 1 aromatic rings. The van der Waals surface area contributed by atoms with Gasteiger partial charge in [0, 0.05) is 26.2 Å². The highest BCUT2D eigenvalue weighted by molar-refractivity contribution is 5.92. The minimum atomic E-state index is -0.0825. The maximum Gasteiger partial charge on any atom is 0.272 e. The molecule has 0 aromatic carbocycles. The summed E-state index contributed by atoms with van der Waals surface area (Å²) in [6, 6.07) is -0.0721. The molecule has 0 saturated carbocycles. The van der Waals surface area contributed by atoms with Crippen LogP contribution < -0.4 is 5.73 Å². The molecule has 1 aromatic heterocycles. The average molecular weight is 238 g/mol. The van der Waals surface area contributed by atoms with E-state index in [0.29, 0.717) is 25.4 Å². The number of amides is 1. The third-order valence-corrected chi connectivity index (χ3v) is 3.00. The molecule has 1 fully saturated rings. The highest BCUT2D eigenvalue weighted by Gasteiger charge is 2.28. The number of ether oxygens (including phenoxy) is 1. The second-order valence-electron chi connectivity index (χ2n) is 4.41.